The van der Waals surface area contributed by atoms with Crippen LogP contribution in [-0.2, 0) is 19.2 Å². The van der Waals surface area contributed by atoms with Gasteiger partial charge in [-0.3, -0.25) is 4.98 Å². The van der Waals surface area contributed by atoms with Crippen LogP contribution in [0, 0.1) is 23.7 Å². The SMILES string of the molecule is C[C@H]1[C@@H](CCNCCCCCNc2ccnc3cc(Cl)ccc23)O[C@@H]2O[C@@]3(C)CC[C@H]4[C@H](C)CC[C@@H]1[C@@]24OO3. The van der Waals surface area contributed by atoms with E-state index in [2.05, 4.69) is 29.5 Å². The normalized spacial score (nSPS) is 37.4. The van der Waals surface area contributed by atoms with Crippen molar-refractivity contribution in [3.63, 3.8) is 0 Å². The van der Waals surface area contributed by atoms with Gasteiger partial charge in [0.25, 0.3) is 0 Å². The maximum atomic E-state index is 6.71. The molecular formula is C31H44ClN3O4. The van der Waals surface area contributed by atoms with Gasteiger partial charge in [-0.2, -0.15) is 0 Å². The minimum atomic E-state index is -0.700. The molecule has 5 heterocycles. The lowest BCUT2D eigenvalue weighted by molar-refractivity contribution is -0.571. The third-order valence-electron chi connectivity index (χ3n) is 9.95. The van der Waals surface area contributed by atoms with Gasteiger partial charge in [0.15, 0.2) is 11.9 Å². The van der Waals surface area contributed by atoms with Gasteiger partial charge in [0.1, 0.15) is 0 Å². The Balaban J connectivity index is 0.934. The molecule has 214 valence electrons. The third kappa shape index (κ3) is 5.31. The molecule has 0 unspecified atom stereocenters. The molecule has 39 heavy (non-hydrogen) atoms. The molecule has 2 N–H and O–H groups in total. The molecule has 1 spiro atoms. The third-order valence-corrected chi connectivity index (χ3v) is 10.2. The molecule has 5 fully saturated rings. The number of fused-ring (bicyclic) bond motifs is 3. The van der Waals surface area contributed by atoms with Gasteiger partial charge in [-0.15, -0.1) is 0 Å². The molecule has 8 atom stereocenters. The largest absolute Gasteiger partial charge is 0.384 e. The molecule has 1 aliphatic carbocycles. The molecular weight excluding hydrogens is 514 g/mol. The van der Waals surface area contributed by atoms with E-state index in [1.165, 1.54) is 12.8 Å². The summed E-state index contributed by atoms with van der Waals surface area (Å²) in [6.45, 7) is 9.65. The summed E-state index contributed by atoms with van der Waals surface area (Å²) in [5, 5.41) is 9.06. The van der Waals surface area contributed by atoms with Crippen molar-refractivity contribution in [1.29, 1.82) is 0 Å². The fourth-order valence-electron chi connectivity index (χ4n) is 7.73. The van der Waals surface area contributed by atoms with Gasteiger partial charge in [-0.1, -0.05) is 31.9 Å². The molecule has 2 bridgehead atoms. The van der Waals surface area contributed by atoms with Crippen molar-refractivity contribution in [2.75, 3.05) is 25.0 Å². The molecule has 4 saturated heterocycles. The number of nitrogens with one attached hydrogen (secondary N) is 2. The van der Waals surface area contributed by atoms with Crippen LogP contribution in [-0.4, -0.2) is 48.4 Å². The Morgan fingerprint density at radius 1 is 1.00 bits per heavy atom. The fraction of sp³-hybridized carbons (Fsp3) is 0.710. The summed E-state index contributed by atoms with van der Waals surface area (Å²) in [5.74, 6) is 1.15. The van der Waals surface area contributed by atoms with Crippen molar-refractivity contribution >= 4 is 28.2 Å². The van der Waals surface area contributed by atoms with Crippen LogP contribution in [0.25, 0.3) is 10.9 Å². The second kappa shape index (κ2) is 11.4. The first-order chi connectivity index (χ1) is 18.9. The monoisotopic (exact) mass is 557 g/mol. The van der Waals surface area contributed by atoms with Crippen molar-refractivity contribution in [2.45, 2.75) is 95.9 Å². The zero-order chi connectivity index (χ0) is 27.0. The smallest absolute Gasteiger partial charge is 0.201 e. The molecule has 1 aromatic heterocycles. The maximum Gasteiger partial charge on any atom is 0.201 e. The van der Waals surface area contributed by atoms with E-state index in [9.17, 15) is 0 Å². The first kappa shape index (κ1) is 27.7. The van der Waals surface area contributed by atoms with Gasteiger partial charge in [-0.25, -0.2) is 9.78 Å². The van der Waals surface area contributed by atoms with Gasteiger partial charge in [0.05, 0.1) is 11.6 Å². The number of unbranched alkanes of at least 4 members (excludes halogenated alkanes) is 2. The first-order valence-electron chi connectivity index (χ1n) is 15.1. The average Bonchev–Trinajstić information content (AvgIpc) is 3.16. The molecule has 2 aromatic rings. The van der Waals surface area contributed by atoms with E-state index >= 15 is 0 Å². The molecule has 8 heteroatoms. The number of nitrogens with zero attached hydrogens (tertiary/aromatic N) is 1. The van der Waals surface area contributed by atoms with Crippen LogP contribution in [0.5, 0.6) is 0 Å². The summed E-state index contributed by atoms with van der Waals surface area (Å²) in [7, 11) is 0. The lowest BCUT2D eigenvalue weighted by Crippen LogP contribution is -2.70. The van der Waals surface area contributed by atoms with Crippen LogP contribution >= 0.6 is 11.6 Å². The van der Waals surface area contributed by atoms with Crippen molar-refractivity contribution in [1.82, 2.24) is 10.3 Å². The Hall–Kier alpha value is -1.48. The summed E-state index contributed by atoms with van der Waals surface area (Å²) in [6.07, 6.45) is 10.5. The Morgan fingerprint density at radius 2 is 1.87 bits per heavy atom. The lowest BCUT2D eigenvalue weighted by atomic mass is 9.57. The Kier molecular flexibility index (Phi) is 8.10. The number of pyridine rings is 1. The number of aromatic nitrogens is 1. The first-order valence-corrected chi connectivity index (χ1v) is 15.5. The molecule has 4 aliphatic heterocycles. The van der Waals surface area contributed by atoms with E-state index in [1.807, 2.05) is 37.4 Å². The number of hydrogen-bond acceptors (Lipinski definition) is 7. The molecule has 5 aliphatic rings. The lowest BCUT2D eigenvalue weighted by Gasteiger charge is -2.60. The number of benzene rings is 1. The highest BCUT2D eigenvalue weighted by Gasteiger charge is 2.69. The Morgan fingerprint density at radius 3 is 2.77 bits per heavy atom. The van der Waals surface area contributed by atoms with Gasteiger partial charge < -0.3 is 20.1 Å². The average molecular weight is 558 g/mol. The summed E-state index contributed by atoms with van der Waals surface area (Å²) in [4.78, 5) is 16.6. The molecule has 0 amide bonds. The number of anilines is 1. The van der Waals surface area contributed by atoms with E-state index in [0.717, 1.165) is 74.7 Å². The zero-order valence-corrected chi connectivity index (χ0v) is 24.3. The standard InChI is InChI=1S/C31H44ClN3O4/c1-20-7-10-25-21(2)28(36-29-31(25)24(20)11-14-30(3,37-29)38-39-31)13-17-33-15-5-4-6-16-34-26-12-18-35-27-19-22(32)8-9-23(26)27/h8-9,12,18-21,24-25,28-29,33H,4-7,10-11,13-17H2,1-3H3,(H,34,35)/t20-,21-,24+,25+,28-,29-,30-,31-/m1/s1. The van der Waals surface area contributed by atoms with Crippen LogP contribution in [0.3, 0.4) is 0 Å². The second-order valence-corrected chi connectivity index (χ2v) is 12.9. The predicted molar refractivity (Wildman–Crippen MR) is 153 cm³/mol. The topological polar surface area (TPSA) is 73.9 Å². The number of halogens is 1. The van der Waals surface area contributed by atoms with Crippen molar-refractivity contribution in [3.05, 3.63) is 35.5 Å². The summed E-state index contributed by atoms with van der Waals surface area (Å²) in [5.41, 5.74) is 1.59. The molecule has 1 saturated carbocycles. The minimum Gasteiger partial charge on any atom is -0.384 e. The highest BCUT2D eigenvalue weighted by Crippen LogP contribution is 2.60. The van der Waals surface area contributed by atoms with Gasteiger partial charge in [-0.05, 0) is 101 Å². The highest BCUT2D eigenvalue weighted by molar-refractivity contribution is 6.31. The van der Waals surface area contributed by atoms with Crippen LogP contribution in [0.4, 0.5) is 5.69 Å². The second-order valence-electron chi connectivity index (χ2n) is 12.5. The van der Waals surface area contributed by atoms with Crippen LogP contribution in [0.1, 0.15) is 72.1 Å². The van der Waals surface area contributed by atoms with Crippen molar-refractivity contribution in [2.24, 2.45) is 23.7 Å². The van der Waals surface area contributed by atoms with Crippen LogP contribution in [0.15, 0.2) is 30.5 Å². The molecule has 1 aromatic carbocycles. The summed E-state index contributed by atoms with van der Waals surface area (Å²) in [6, 6.07) is 7.90. The van der Waals surface area contributed by atoms with Crippen LogP contribution in [0.2, 0.25) is 5.02 Å². The minimum absolute atomic E-state index is 0.174. The van der Waals surface area contributed by atoms with Gasteiger partial charge in [0.2, 0.25) is 5.79 Å². The Labute approximate surface area is 237 Å². The molecule has 7 rings (SSSR count). The zero-order valence-electron chi connectivity index (χ0n) is 23.6. The van der Waals surface area contributed by atoms with E-state index in [-0.39, 0.29) is 12.4 Å². The molecule has 0 radical (unpaired) electrons. The number of rotatable bonds is 10. The van der Waals surface area contributed by atoms with Crippen molar-refractivity contribution < 1.29 is 19.2 Å². The Bertz CT molecular complexity index is 1150. The number of hydrogen-bond donors (Lipinski definition) is 2. The van der Waals surface area contributed by atoms with E-state index < -0.39 is 11.4 Å². The summed E-state index contributed by atoms with van der Waals surface area (Å²) < 4.78 is 13.2. The molecule has 7 nitrogen and oxygen atoms in total. The van der Waals surface area contributed by atoms with Crippen molar-refractivity contribution in [3.8, 4) is 0 Å². The highest BCUT2D eigenvalue weighted by atomic mass is 35.5. The van der Waals surface area contributed by atoms with E-state index in [4.69, 9.17) is 30.8 Å². The number of ether oxygens (including phenoxy) is 2. The summed E-state index contributed by atoms with van der Waals surface area (Å²) >= 11 is 6.11. The van der Waals surface area contributed by atoms with Gasteiger partial charge in [0, 0.05) is 41.2 Å². The van der Waals surface area contributed by atoms with Gasteiger partial charge >= 0.3 is 0 Å². The fourth-order valence-corrected chi connectivity index (χ4v) is 7.89. The van der Waals surface area contributed by atoms with E-state index in [0.29, 0.717) is 28.7 Å². The maximum absolute atomic E-state index is 6.71. The van der Waals surface area contributed by atoms with Crippen LogP contribution < -0.4 is 10.6 Å². The quantitative estimate of drug-likeness (QED) is 0.249. The van der Waals surface area contributed by atoms with E-state index in [1.54, 1.807) is 0 Å². The predicted octanol–water partition coefficient (Wildman–Crippen LogP) is 6.70.